The van der Waals surface area contributed by atoms with Crippen molar-refractivity contribution in [1.82, 2.24) is 0 Å². The van der Waals surface area contributed by atoms with Gasteiger partial charge < -0.3 is 10.2 Å². The normalized spacial score (nSPS) is 14.2. The van der Waals surface area contributed by atoms with Gasteiger partial charge in [-0.1, -0.05) is 24.3 Å². The molecular formula is C19H19N3O4. The first-order valence-electron chi connectivity index (χ1n) is 8.47. The number of hydrogen-bond donors (Lipinski definition) is 1. The van der Waals surface area contributed by atoms with Crippen molar-refractivity contribution in [3.8, 4) is 0 Å². The van der Waals surface area contributed by atoms with E-state index in [4.69, 9.17) is 0 Å². The Hall–Kier alpha value is -3.22. The van der Waals surface area contributed by atoms with Gasteiger partial charge in [-0.25, -0.2) is 0 Å². The molecule has 7 nitrogen and oxygen atoms in total. The molecule has 0 unspecified atom stereocenters. The van der Waals surface area contributed by atoms with Gasteiger partial charge in [0.2, 0.25) is 11.8 Å². The second-order valence-electron chi connectivity index (χ2n) is 6.16. The van der Waals surface area contributed by atoms with Crippen molar-refractivity contribution >= 4 is 28.9 Å². The van der Waals surface area contributed by atoms with E-state index in [1.165, 1.54) is 6.07 Å². The van der Waals surface area contributed by atoms with Crippen LogP contribution in [-0.2, 0) is 16.0 Å². The maximum atomic E-state index is 12.3. The summed E-state index contributed by atoms with van der Waals surface area (Å²) >= 11 is 0. The number of benzene rings is 2. The summed E-state index contributed by atoms with van der Waals surface area (Å²) in [6, 6.07) is 13.3. The minimum absolute atomic E-state index is 0.0738. The summed E-state index contributed by atoms with van der Waals surface area (Å²) in [5.74, 6) is -0.263. The molecule has 26 heavy (non-hydrogen) atoms. The van der Waals surface area contributed by atoms with Crippen molar-refractivity contribution < 1.29 is 14.5 Å². The van der Waals surface area contributed by atoms with Crippen LogP contribution in [0.2, 0.25) is 0 Å². The number of amides is 2. The Morgan fingerprint density at radius 1 is 1.15 bits per heavy atom. The predicted octanol–water partition coefficient (Wildman–Crippen LogP) is 3.29. The Balaban J connectivity index is 1.71. The number of rotatable bonds is 5. The number of para-hydroxylation sites is 1. The fraction of sp³-hybridized carbons (Fsp3) is 0.263. The van der Waals surface area contributed by atoms with Gasteiger partial charge in [0.1, 0.15) is 0 Å². The minimum Gasteiger partial charge on any atom is -0.326 e. The lowest BCUT2D eigenvalue weighted by Crippen LogP contribution is -2.35. The van der Waals surface area contributed by atoms with Gasteiger partial charge in [0, 0.05) is 36.0 Å². The highest BCUT2D eigenvalue weighted by Crippen LogP contribution is 2.24. The average molecular weight is 353 g/mol. The molecule has 0 spiro atoms. The number of carbonyl (C=O) groups is 2. The van der Waals surface area contributed by atoms with E-state index in [1.807, 2.05) is 6.07 Å². The molecule has 2 aromatic carbocycles. The zero-order chi connectivity index (χ0) is 18.5. The van der Waals surface area contributed by atoms with Gasteiger partial charge in [-0.15, -0.1) is 0 Å². The zero-order valence-electron chi connectivity index (χ0n) is 14.2. The smallest absolute Gasteiger partial charge is 0.273 e. The van der Waals surface area contributed by atoms with Crippen molar-refractivity contribution in [2.45, 2.75) is 25.7 Å². The zero-order valence-corrected chi connectivity index (χ0v) is 14.2. The molecule has 2 amide bonds. The molecule has 1 heterocycles. The van der Waals surface area contributed by atoms with Crippen molar-refractivity contribution in [3.63, 3.8) is 0 Å². The van der Waals surface area contributed by atoms with Crippen LogP contribution in [0.5, 0.6) is 0 Å². The van der Waals surface area contributed by atoms with Gasteiger partial charge in [0.25, 0.3) is 5.69 Å². The second kappa shape index (κ2) is 7.77. The summed E-state index contributed by atoms with van der Waals surface area (Å²) in [4.78, 5) is 36.6. The predicted molar refractivity (Wildman–Crippen MR) is 98.1 cm³/mol. The van der Waals surface area contributed by atoms with Crippen molar-refractivity contribution in [1.29, 1.82) is 0 Å². The maximum absolute atomic E-state index is 12.3. The van der Waals surface area contributed by atoms with Gasteiger partial charge in [-0.3, -0.25) is 19.7 Å². The van der Waals surface area contributed by atoms with Gasteiger partial charge in [0.05, 0.1) is 11.3 Å². The summed E-state index contributed by atoms with van der Waals surface area (Å²) < 4.78 is 0. The van der Waals surface area contributed by atoms with Gasteiger partial charge in [0.15, 0.2) is 0 Å². The van der Waals surface area contributed by atoms with Crippen molar-refractivity contribution in [2.24, 2.45) is 0 Å². The van der Waals surface area contributed by atoms with E-state index >= 15 is 0 Å². The van der Waals surface area contributed by atoms with Crippen LogP contribution < -0.4 is 10.2 Å². The first-order chi connectivity index (χ1) is 12.5. The molecule has 7 heteroatoms. The third kappa shape index (κ3) is 4.05. The Bertz CT molecular complexity index is 850. The van der Waals surface area contributed by atoms with Gasteiger partial charge >= 0.3 is 0 Å². The fourth-order valence-electron chi connectivity index (χ4n) is 3.05. The van der Waals surface area contributed by atoms with E-state index in [2.05, 4.69) is 5.32 Å². The lowest BCUT2D eigenvalue weighted by molar-refractivity contribution is -0.385. The molecule has 0 atom stereocenters. The molecule has 3 rings (SSSR count). The number of nitrogens with one attached hydrogen (secondary N) is 1. The van der Waals surface area contributed by atoms with E-state index in [1.54, 1.807) is 41.3 Å². The van der Waals surface area contributed by atoms with Crippen LogP contribution in [0.25, 0.3) is 0 Å². The number of nitro benzene ring substituents is 1. The van der Waals surface area contributed by atoms with Crippen LogP contribution in [0.4, 0.5) is 17.1 Å². The molecule has 0 radical (unpaired) electrons. The molecule has 1 aliphatic rings. The summed E-state index contributed by atoms with van der Waals surface area (Å²) in [6.07, 6.45) is 2.31. The Kier molecular flexibility index (Phi) is 5.26. The van der Waals surface area contributed by atoms with Crippen LogP contribution in [0.15, 0.2) is 48.5 Å². The molecular weight excluding hydrogens is 334 g/mol. The quantitative estimate of drug-likeness (QED) is 0.659. The molecule has 0 aliphatic carbocycles. The topological polar surface area (TPSA) is 92.5 Å². The molecule has 1 saturated heterocycles. The average Bonchev–Trinajstić information content (AvgIpc) is 2.62. The van der Waals surface area contributed by atoms with E-state index in [0.717, 1.165) is 18.5 Å². The highest BCUT2D eigenvalue weighted by molar-refractivity contribution is 5.96. The van der Waals surface area contributed by atoms with E-state index < -0.39 is 4.92 Å². The van der Waals surface area contributed by atoms with Crippen molar-refractivity contribution in [3.05, 3.63) is 64.2 Å². The molecule has 0 aromatic heterocycles. The SMILES string of the molecule is O=C(Cc1ccccc1[N+](=O)[O-])Nc1cccc(N2CCCCC2=O)c1. The minimum atomic E-state index is -0.495. The lowest BCUT2D eigenvalue weighted by Gasteiger charge is -2.27. The largest absolute Gasteiger partial charge is 0.326 e. The molecule has 0 saturated carbocycles. The Labute approximate surface area is 150 Å². The number of carbonyl (C=O) groups excluding carboxylic acids is 2. The third-order valence-electron chi connectivity index (χ3n) is 4.30. The molecule has 1 N–H and O–H groups in total. The number of hydrogen-bond acceptors (Lipinski definition) is 4. The molecule has 2 aromatic rings. The van der Waals surface area contributed by atoms with Crippen LogP contribution >= 0.6 is 0 Å². The highest BCUT2D eigenvalue weighted by atomic mass is 16.6. The first kappa shape index (κ1) is 17.6. The number of piperidine rings is 1. The Morgan fingerprint density at radius 2 is 1.96 bits per heavy atom. The number of anilines is 2. The van der Waals surface area contributed by atoms with E-state index in [-0.39, 0.29) is 23.9 Å². The highest BCUT2D eigenvalue weighted by Gasteiger charge is 2.20. The van der Waals surface area contributed by atoms with Gasteiger partial charge in [-0.05, 0) is 31.0 Å². The fourth-order valence-corrected chi connectivity index (χ4v) is 3.05. The van der Waals surface area contributed by atoms with E-state index in [0.29, 0.717) is 24.2 Å². The molecule has 1 aliphatic heterocycles. The van der Waals surface area contributed by atoms with Crippen molar-refractivity contribution in [2.75, 3.05) is 16.8 Å². The molecule has 134 valence electrons. The monoisotopic (exact) mass is 353 g/mol. The molecule has 1 fully saturated rings. The summed E-state index contributed by atoms with van der Waals surface area (Å²) in [5, 5.41) is 13.8. The number of nitro groups is 1. The summed E-state index contributed by atoms with van der Waals surface area (Å²) in [5.41, 5.74) is 1.59. The van der Waals surface area contributed by atoms with E-state index in [9.17, 15) is 19.7 Å². The van der Waals surface area contributed by atoms with Crippen LogP contribution in [0.1, 0.15) is 24.8 Å². The first-order valence-corrected chi connectivity index (χ1v) is 8.47. The second-order valence-corrected chi connectivity index (χ2v) is 6.16. The number of nitrogens with zero attached hydrogens (tertiary/aromatic N) is 2. The molecule has 0 bridgehead atoms. The maximum Gasteiger partial charge on any atom is 0.273 e. The third-order valence-corrected chi connectivity index (χ3v) is 4.30. The summed E-state index contributed by atoms with van der Waals surface area (Å²) in [6.45, 7) is 0.673. The van der Waals surface area contributed by atoms with Crippen LogP contribution in [-0.4, -0.2) is 23.3 Å². The van der Waals surface area contributed by atoms with Gasteiger partial charge in [-0.2, -0.15) is 0 Å². The van der Waals surface area contributed by atoms with Crippen LogP contribution in [0.3, 0.4) is 0 Å². The standard InChI is InChI=1S/C19H19N3O4/c23-18(12-14-6-1-2-9-17(14)22(25)26)20-15-7-5-8-16(13-15)21-11-4-3-10-19(21)24/h1-2,5-9,13H,3-4,10-12H2,(H,20,23). The summed E-state index contributed by atoms with van der Waals surface area (Å²) in [7, 11) is 0. The lowest BCUT2D eigenvalue weighted by atomic mass is 10.1. The van der Waals surface area contributed by atoms with Crippen LogP contribution in [0, 0.1) is 10.1 Å². The Morgan fingerprint density at radius 3 is 2.73 bits per heavy atom.